The van der Waals surface area contributed by atoms with Crippen LogP contribution in [0.25, 0.3) is 0 Å². The van der Waals surface area contributed by atoms with Gasteiger partial charge in [-0.25, -0.2) is 13.6 Å². The molecule has 1 aromatic rings. The molecule has 3 N–H and O–H groups in total. The van der Waals surface area contributed by atoms with Crippen molar-refractivity contribution in [3.05, 3.63) is 35.4 Å². The summed E-state index contributed by atoms with van der Waals surface area (Å²) in [7, 11) is 0. The van der Waals surface area contributed by atoms with E-state index in [1.165, 1.54) is 9.80 Å². The molecule has 0 spiro atoms. The number of nitrogens with two attached hydrogens (primary N) is 1. The quantitative estimate of drug-likeness (QED) is 0.567. The third-order valence-corrected chi connectivity index (χ3v) is 8.56. The molecule has 1 aliphatic heterocycles. The Kier molecular flexibility index (Phi) is 9.46. The molecule has 0 radical (unpaired) electrons. The third-order valence-electron chi connectivity index (χ3n) is 8.56. The van der Waals surface area contributed by atoms with Crippen molar-refractivity contribution in [3.8, 4) is 0 Å². The van der Waals surface area contributed by atoms with Crippen LogP contribution >= 0.6 is 0 Å². The van der Waals surface area contributed by atoms with Gasteiger partial charge in [-0.2, -0.15) is 0 Å². The Balaban J connectivity index is 1.59. The van der Waals surface area contributed by atoms with Crippen LogP contribution in [0.15, 0.2) is 18.2 Å². The Morgan fingerprint density at radius 3 is 2.26 bits per heavy atom. The number of carbonyl (C=O) groups is 3. The predicted molar refractivity (Wildman–Crippen MR) is 142 cm³/mol. The summed E-state index contributed by atoms with van der Waals surface area (Å²) in [6, 6.07) is 2.52. The molecular formula is C29H42F2N4O4. The van der Waals surface area contributed by atoms with Gasteiger partial charge >= 0.3 is 6.09 Å². The summed E-state index contributed by atoms with van der Waals surface area (Å²) in [4.78, 5) is 43.4. The number of hydrogen-bond acceptors (Lipinski definition) is 5. The highest BCUT2D eigenvalue weighted by molar-refractivity contribution is 5.98. The van der Waals surface area contributed by atoms with E-state index in [1.807, 2.05) is 0 Å². The molecule has 3 aliphatic rings. The third kappa shape index (κ3) is 7.07. The molecule has 39 heavy (non-hydrogen) atoms. The summed E-state index contributed by atoms with van der Waals surface area (Å²) in [5.74, 6) is -2.06. The van der Waals surface area contributed by atoms with Crippen LogP contribution in [-0.2, 0) is 9.53 Å². The summed E-state index contributed by atoms with van der Waals surface area (Å²) < 4.78 is 34.0. The number of ether oxygens (including phenoxy) is 1. The Hall–Kier alpha value is -2.75. The van der Waals surface area contributed by atoms with E-state index in [0.717, 1.165) is 44.2 Å². The molecule has 2 aliphatic carbocycles. The van der Waals surface area contributed by atoms with Crippen LogP contribution in [0.5, 0.6) is 0 Å². The first-order chi connectivity index (χ1) is 18.5. The highest BCUT2D eigenvalue weighted by Gasteiger charge is 2.44. The van der Waals surface area contributed by atoms with Crippen molar-refractivity contribution >= 4 is 17.9 Å². The average molecular weight is 549 g/mol. The minimum Gasteiger partial charge on any atom is -0.446 e. The lowest BCUT2D eigenvalue weighted by molar-refractivity contribution is -0.135. The number of benzene rings is 1. The summed E-state index contributed by atoms with van der Waals surface area (Å²) in [5, 5.41) is 3.00. The van der Waals surface area contributed by atoms with Gasteiger partial charge in [0, 0.05) is 36.8 Å². The van der Waals surface area contributed by atoms with E-state index in [4.69, 9.17) is 10.5 Å². The van der Waals surface area contributed by atoms with E-state index in [1.54, 1.807) is 0 Å². The molecule has 4 rings (SSSR count). The van der Waals surface area contributed by atoms with Crippen LogP contribution in [0, 0.1) is 29.4 Å². The van der Waals surface area contributed by atoms with Gasteiger partial charge < -0.3 is 20.7 Å². The molecule has 1 aromatic carbocycles. The fourth-order valence-electron chi connectivity index (χ4n) is 6.34. The van der Waals surface area contributed by atoms with E-state index in [2.05, 4.69) is 26.1 Å². The lowest BCUT2D eigenvalue weighted by Crippen LogP contribution is -2.65. The second kappa shape index (κ2) is 12.6. The zero-order valence-electron chi connectivity index (χ0n) is 23.2. The first-order valence-corrected chi connectivity index (χ1v) is 14.3. The molecule has 4 unspecified atom stereocenters. The number of halogens is 2. The maximum atomic E-state index is 14.0. The van der Waals surface area contributed by atoms with Crippen molar-refractivity contribution in [2.45, 2.75) is 96.5 Å². The molecule has 10 heteroatoms. The van der Waals surface area contributed by atoms with Crippen molar-refractivity contribution in [2.75, 3.05) is 13.1 Å². The van der Waals surface area contributed by atoms with Crippen molar-refractivity contribution in [2.24, 2.45) is 23.5 Å². The zero-order chi connectivity index (χ0) is 28.3. The molecular weight excluding hydrogens is 506 g/mol. The number of rotatable bonds is 5. The minimum atomic E-state index is -1.29. The Labute approximate surface area is 229 Å². The Morgan fingerprint density at radius 2 is 1.62 bits per heavy atom. The SMILES string of the molecule is CC1CCC(C(C)C)C(OC(=O)N2CCCN(C(=O)c3cc(F)cc(F)c3)C2C(=O)NC2CCC(N)CC2)C1. The summed E-state index contributed by atoms with van der Waals surface area (Å²) in [6.07, 6.45) is 3.88. The molecule has 0 aromatic heterocycles. The lowest BCUT2D eigenvalue weighted by Gasteiger charge is -2.44. The monoisotopic (exact) mass is 548 g/mol. The van der Waals surface area contributed by atoms with Gasteiger partial charge in [0.2, 0.25) is 0 Å². The number of amides is 3. The van der Waals surface area contributed by atoms with Crippen molar-refractivity contribution < 1.29 is 27.9 Å². The number of nitrogens with zero attached hydrogens (tertiary/aromatic N) is 2. The van der Waals surface area contributed by atoms with Gasteiger partial charge in [-0.15, -0.1) is 0 Å². The van der Waals surface area contributed by atoms with Crippen LogP contribution in [0.3, 0.4) is 0 Å². The minimum absolute atomic E-state index is 0.0899. The molecule has 216 valence electrons. The molecule has 0 bridgehead atoms. The van der Waals surface area contributed by atoms with E-state index < -0.39 is 35.7 Å². The smallest absolute Gasteiger partial charge is 0.412 e. The first kappa shape index (κ1) is 29.2. The Morgan fingerprint density at radius 1 is 0.974 bits per heavy atom. The normalized spacial score (nSPS) is 29.7. The molecule has 2 saturated carbocycles. The predicted octanol–water partition coefficient (Wildman–Crippen LogP) is 4.42. The maximum absolute atomic E-state index is 14.0. The topological polar surface area (TPSA) is 105 Å². The largest absolute Gasteiger partial charge is 0.446 e. The fraction of sp³-hybridized carbons (Fsp3) is 0.690. The van der Waals surface area contributed by atoms with E-state index in [0.29, 0.717) is 37.2 Å². The number of carbonyl (C=O) groups excluding carboxylic acids is 3. The van der Waals surface area contributed by atoms with Crippen LogP contribution in [-0.4, -0.2) is 65.2 Å². The highest BCUT2D eigenvalue weighted by Crippen LogP contribution is 2.36. The fourth-order valence-corrected chi connectivity index (χ4v) is 6.34. The van der Waals surface area contributed by atoms with Crippen LogP contribution in [0.1, 0.15) is 82.5 Å². The van der Waals surface area contributed by atoms with Crippen LogP contribution in [0.4, 0.5) is 13.6 Å². The average Bonchev–Trinajstić information content (AvgIpc) is 2.88. The zero-order valence-corrected chi connectivity index (χ0v) is 23.2. The summed E-state index contributed by atoms with van der Waals surface area (Å²) in [6.45, 7) is 6.76. The summed E-state index contributed by atoms with van der Waals surface area (Å²) >= 11 is 0. The van der Waals surface area contributed by atoms with Gasteiger partial charge in [-0.05, 0) is 74.8 Å². The van der Waals surface area contributed by atoms with Gasteiger partial charge in [0.1, 0.15) is 17.7 Å². The van der Waals surface area contributed by atoms with Crippen LogP contribution < -0.4 is 11.1 Å². The lowest BCUT2D eigenvalue weighted by atomic mass is 9.75. The van der Waals surface area contributed by atoms with Gasteiger partial charge in [0.15, 0.2) is 6.17 Å². The van der Waals surface area contributed by atoms with Crippen molar-refractivity contribution in [3.63, 3.8) is 0 Å². The van der Waals surface area contributed by atoms with E-state index >= 15 is 0 Å². The van der Waals surface area contributed by atoms with Gasteiger partial charge in [0.25, 0.3) is 11.8 Å². The van der Waals surface area contributed by atoms with Gasteiger partial charge in [0.05, 0.1) is 0 Å². The Bertz CT molecular complexity index is 1030. The summed E-state index contributed by atoms with van der Waals surface area (Å²) in [5.41, 5.74) is 5.80. The molecule has 3 amide bonds. The van der Waals surface area contributed by atoms with E-state index in [9.17, 15) is 23.2 Å². The standard InChI is InChI=1S/C29H42F2N4O4/c1-17(2)24-10-5-18(3)13-25(24)39-29(38)35-12-4-11-34(28(37)19-14-20(30)16-21(31)15-19)27(35)26(36)33-23-8-6-22(32)7-9-23/h14-18,22-25,27H,4-13,32H2,1-3H3,(H,33,36). The first-order valence-electron chi connectivity index (χ1n) is 14.3. The maximum Gasteiger partial charge on any atom is 0.412 e. The van der Waals surface area contributed by atoms with E-state index in [-0.39, 0.29) is 42.8 Å². The number of nitrogens with one attached hydrogen (secondary N) is 1. The van der Waals surface area contributed by atoms with Gasteiger partial charge in [-0.3, -0.25) is 14.5 Å². The molecule has 3 fully saturated rings. The molecule has 1 saturated heterocycles. The molecule has 8 nitrogen and oxygen atoms in total. The second-order valence-corrected chi connectivity index (χ2v) is 11.9. The number of hydrogen-bond donors (Lipinski definition) is 2. The second-order valence-electron chi connectivity index (χ2n) is 11.9. The van der Waals surface area contributed by atoms with Gasteiger partial charge in [-0.1, -0.05) is 27.2 Å². The highest BCUT2D eigenvalue weighted by atomic mass is 19.1. The van der Waals surface area contributed by atoms with Crippen molar-refractivity contribution in [1.82, 2.24) is 15.1 Å². The van der Waals surface area contributed by atoms with Crippen LogP contribution in [0.2, 0.25) is 0 Å². The van der Waals surface area contributed by atoms with Crippen molar-refractivity contribution in [1.29, 1.82) is 0 Å². The molecule has 1 heterocycles. The molecule has 4 atom stereocenters.